The normalized spacial score (nSPS) is 11.1. The first kappa shape index (κ1) is 16.8. The number of nitrogens with two attached hydrogens (primary N) is 1. The SMILES string of the molecule is Cc1cc(-c2ccnc(N)c2)ccc1CNC(=O)OC(C)(C)C. The number of nitrogens with zero attached hydrogens (tertiary/aromatic N) is 1. The summed E-state index contributed by atoms with van der Waals surface area (Å²) in [4.78, 5) is 15.7. The number of pyridine rings is 1. The zero-order valence-electron chi connectivity index (χ0n) is 14.0. The summed E-state index contributed by atoms with van der Waals surface area (Å²) in [6.07, 6.45) is 1.28. The number of ether oxygens (including phenoxy) is 1. The zero-order valence-corrected chi connectivity index (χ0v) is 14.0. The van der Waals surface area contributed by atoms with Crippen molar-refractivity contribution in [3.63, 3.8) is 0 Å². The fraction of sp³-hybridized carbons (Fsp3) is 0.333. The number of benzene rings is 1. The van der Waals surface area contributed by atoms with Crippen molar-refractivity contribution in [2.45, 2.75) is 39.8 Å². The van der Waals surface area contributed by atoms with Crippen LogP contribution in [0.4, 0.5) is 10.6 Å². The lowest BCUT2D eigenvalue weighted by molar-refractivity contribution is 0.0523. The number of rotatable bonds is 3. The fourth-order valence-corrected chi connectivity index (χ4v) is 2.18. The number of nitrogens with one attached hydrogen (secondary N) is 1. The molecular formula is C18H23N3O2. The average molecular weight is 313 g/mol. The quantitative estimate of drug-likeness (QED) is 0.906. The van der Waals surface area contributed by atoms with Crippen molar-refractivity contribution >= 4 is 11.9 Å². The minimum absolute atomic E-state index is 0.414. The van der Waals surface area contributed by atoms with Crippen LogP contribution in [-0.4, -0.2) is 16.7 Å². The van der Waals surface area contributed by atoms with Gasteiger partial charge in [-0.05, 0) is 62.1 Å². The molecule has 0 radical (unpaired) electrons. The third-order valence-corrected chi connectivity index (χ3v) is 3.28. The van der Waals surface area contributed by atoms with Gasteiger partial charge in [-0.3, -0.25) is 0 Å². The Hall–Kier alpha value is -2.56. The van der Waals surface area contributed by atoms with E-state index in [-0.39, 0.29) is 0 Å². The highest BCUT2D eigenvalue weighted by molar-refractivity contribution is 5.69. The molecule has 0 spiro atoms. The minimum atomic E-state index is -0.496. The molecule has 23 heavy (non-hydrogen) atoms. The highest BCUT2D eigenvalue weighted by atomic mass is 16.6. The largest absolute Gasteiger partial charge is 0.444 e. The van der Waals surface area contributed by atoms with Gasteiger partial charge in [0.15, 0.2) is 0 Å². The van der Waals surface area contributed by atoms with Gasteiger partial charge in [-0.25, -0.2) is 9.78 Å². The molecule has 0 aliphatic carbocycles. The highest BCUT2D eigenvalue weighted by Gasteiger charge is 2.15. The Morgan fingerprint density at radius 1 is 1.22 bits per heavy atom. The number of aryl methyl sites for hydroxylation is 1. The standard InChI is InChI=1S/C18H23N3O2/c1-12-9-13(14-7-8-20-16(19)10-14)5-6-15(12)11-21-17(22)23-18(2,3)4/h5-10H,11H2,1-4H3,(H2,19,20)(H,21,22). The number of hydrogen-bond donors (Lipinski definition) is 2. The molecule has 5 heteroatoms. The average Bonchev–Trinajstić information content (AvgIpc) is 2.44. The van der Waals surface area contributed by atoms with Gasteiger partial charge in [0.25, 0.3) is 0 Å². The smallest absolute Gasteiger partial charge is 0.407 e. The van der Waals surface area contributed by atoms with Crippen molar-refractivity contribution in [3.8, 4) is 11.1 Å². The van der Waals surface area contributed by atoms with Crippen LogP contribution >= 0.6 is 0 Å². The number of hydrogen-bond acceptors (Lipinski definition) is 4. The summed E-state index contributed by atoms with van der Waals surface area (Å²) in [6.45, 7) is 7.97. The molecule has 0 bridgehead atoms. The van der Waals surface area contributed by atoms with Gasteiger partial charge in [-0.2, -0.15) is 0 Å². The maximum atomic E-state index is 11.7. The van der Waals surface area contributed by atoms with Crippen molar-refractivity contribution in [1.82, 2.24) is 10.3 Å². The molecule has 1 heterocycles. The number of carbonyl (C=O) groups excluding carboxylic acids is 1. The summed E-state index contributed by atoms with van der Waals surface area (Å²) in [5.41, 5.74) is 9.45. The van der Waals surface area contributed by atoms with Gasteiger partial charge < -0.3 is 15.8 Å². The van der Waals surface area contributed by atoms with Gasteiger partial charge in [-0.1, -0.05) is 18.2 Å². The highest BCUT2D eigenvalue weighted by Crippen LogP contribution is 2.23. The monoisotopic (exact) mass is 313 g/mol. The fourth-order valence-electron chi connectivity index (χ4n) is 2.18. The Morgan fingerprint density at radius 2 is 1.91 bits per heavy atom. The van der Waals surface area contributed by atoms with Crippen molar-refractivity contribution < 1.29 is 9.53 Å². The number of amides is 1. The van der Waals surface area contributed by atoms with E-state index in [1.165, 1.54) is 0 Å². The van der Waals surface area contributed by atoms with E-state index in [9.17, 15) is 4.79 Å². The van der Waals surface area contributed by atoms with Crippen molar-refractivity contribution in [3.05, 3.63) is 47.7 Å². The molecule has 3 N–H and O–H groups in total. The van der Waals surface area contributed by atoms with E-state index in [2.05, 4.69) is 16.4 Å². The molecule has 122 valence electrons. The molecule has 1 aromatic heterocycles. The zero-order chi connectivity index (χ0) is 17.0. The van der Waals surface area contributed by atoms with E-state index >= 15 is 0 Å². The van der Waals surface area contributed by atoms with Gasteiger partial charge in [0.05, 0.1) is 0 Å². The Labute approximate surface area is 136 Å². The van der Waals surface area contributed by atoms with Gasteiger partial charge in [0.2, 0.25) is 0 Å². The second-order valence-corrected chi connectivity index (χ2v) is 6.47. The molecule has 0 fully saturated rings. The molecule has 0 saturated carbocycles. The van der Waals surface area contributed by atoms with E-state index in [1.54, 1.807) is 6.20 Å². The number of nitrogen functional groups attached to an aromatic ring is 1. The van der Waals surface area contributed by atoms with Crippen molar-refractivity contribution in [2.24, 2.45) is 0 Å². The molecule has 0 aliphatic rings. The lowest BCUT2D eigenvalue weighted by atomic mass is 10.0. The number of aromatic nitrogens is 1. The van der Waals surface area contributed by atoms with Gasteiger partial charge in [0.1, 0.15) is 11.4 Å². The molecule has 1 aromatic carbocycles. The first-order valence-corrected chi connectivity index (χ1v) is 7.53. The topological polar surface area (TPSA) is 77.2 Å². The van der Waals surface area contributed by atoms with Crippen LogP contribution in [0.2, 0.25) is 0 Å². The Balaban J connectivity index is 2.07. The van der Waals surface area contributed by atoms with Crippen LogP contribution in [0.1, 0.15) is 31.9 Å². The molecule has 0 unspecified atom stereocenters. The van der Waals surface area contributed by atoms with Gasteiger partial charge in [0, 0.05) is 12.7 Å². The van der Waals surface area contributed by atoms with Crippen LogP contribution in [0.15, 0.2) is 36.5 Å². The van der Waals surface area contributed by atoms with Crippen molar-refractivity contribution in [2.75, 3.05) is 5.73 Å². The summed E-state index contributed by atoms with van der Waals surface area (Å²) in [6, 6.07) is 9.84. The van der Waals surface area contributed by atoms with E-state index in [0.29, 0.717) is 12.4 Å². The summed E-state index contributed by atoms with van der Waals surface area (Å²) in [5.74, 6) is 0.496. The predicted molar refractivity (Wildman–Crippen MR) is 91.9 cm³/mol. The van der Waals surface area contributed by atoms with E-state index in [0.717, 1.165) is 22.3 Å². The van der Waals surface area contributed by atoms with E-state index < -0.39 is 11.7 Å². The number of alkyl carbamates (subject to hydrolysis) is 1. The lowest BCUT2D eigenvalue weighted by Crippen LogP contribution is -2.32. The molecule has 0 aliphatic heterocycles. The maximum absolute atomic E-state index is 11.7. The van der Waals surface area contributed by atoms with Gasteiger partial charge >= 0.3 is 6.09 Å². The minimum Gasteiger partial charge on any atom is -0.444 e. The molecule has 5 nitrogen and oxygen atoms in total. The van der Waals surface area contributed by atoms with E-state index in [4.69, 9.17) is 10.5 Å². The summed E-state index contributed by atoms with van der Waals surface area (Å²) in [7, 11) is 0. The Morgan fingerprint density at radius 3 is 2.52 bits per heavy atom. The summed E-state index contributed by atoms with van der Waals surface area (Å²) < 4.78 is 5.23. The van der Waals surface area contributed by atoms with Crippen LogP contribution in [0.25, 0.3) is 11.1 Å². The lowest BCUT2D eigenvalue weighted by Gasteiger charge is -2.20. The molecular weight excluding hydrogens is 290 g/mol. The van der Waals surface area contributed by atoms with E-state index in [1.807, 2.05) is 52.0 Å². The number of carbonyl (C=O) groups is 1. The van der Waals surface area contributed by atoms with Crippen LogP contribution in [0.3, 0.4) is 0 Å². The molecule has 0 atom stereocenters. The molecule has 1 amide bonds. The van der Waals surface area contributed by atoms with Crippen LogP contribution in [-0.2, 0) is 11.3 Å². The van der Waals surface area contributed by atoms with Crippen LogP contribution < -0.4 is 11.1 Å². The molecule has 0 saturated heterocycles. The second kappa shape index (κ2) is 6.69. The molecule has 2 aromatic rings. The summed E-state index contributed by atoms with van der Waals surface area (Å²) >= 11 is 0. The second-order valence-electron chi connectivity index (χ2n) is 6.47. The predicted octanol–water partition coefficient (Wildman–Crippen LogP) is 3.66. The first-order valence-electron chi connectivity index (χ1n) is 7.53. The maximum Gasteiger partial charge on any atom is 0.407 e. The third-order valence-electron chi connectivity index (χ3n) is 3.28. The van der Waals surface area contributed by atoms with Crippen LogP contribution in [0.5, 0.6) is 0 Å². The Kier molecular flexibility index (Phi) is 4.89. The van der Waals surface area contributed by atoms with Gasteiger partial charge in [-0.15, -0.1) is 0 Å². The summed E-state index contributed by atoms with van der Waals surface area (Å²) in [5, 5.41) is 2.77. The number of anilines is 1. The van der Waals surface area contributed by atoms with Crippen molar-refractivity contribution in [1.29, 1.82) is 0 Å². The first-order chi connectivity index (χ1) is 10.7. The molecule has 2 rings (SSSR count). The van der Waals surface area contributed by atoms with Crippen LogP contribution in [0, 0.1) is 6.92 Å². The third kappa shape index (κ3) is 4.98. The Bertz CT molecular complexity index is 706.